The SMILES string of the molecule is CN1CCC(NC(=O)NC2CCc3ncnn3C2)C1c1ccc(Cl)cc1. The summed E-state index contributed by atoms with van der Waals surface area (Å²) in [6, 6.07) is 8.08. The zero-order chi connectivity index (χ0) is 18.1. The number of carbonyl (C=O) groups excluding carboxylic acids is 1. The van der Waals surface area contributed by atoms with Crippen molar-refractivity contribution in [1.29, 1.82) is 0 Å². The summed E-state index contributed by atoms with van der Waals surface area (Å²) in [5, 5.41) is 11.2. The van der Waals surface area contributed by atoms with E-state index in [1.54, 1.807) is 6.33 Å². The van der Waals surface area contributed by atoms with Crippen molar-refractivity contribution in [2.75, 3.05) is 13.6 Å². The standard InChI is InChI=1S/C18H23ClN6O/c1-24-9-8-15(17(24)12-2-4-13(19)5-3-12)23-18(26)22-14-6-7-16-20-11-21-25(16)10-14/h2-5,11,14-15,17H,6-10H2,1H3,(H2,22,23,26). The molecule has 3 atom stereocenters. The second kappa shape index (κ2) is 7.25. The van der Waals surface area contributed by atoms with Gasteiger partial charge < -0.3 is 10.6 Å². The highest BCUT2D eigenvalue weighted by molar-refractivity contribution is 6.30. The van der Waals surface area contributed by atoms with E-state index >= 15 is 0 Å². The lowest BCUT2D eigenvalue weighted by molar-refractivity contribution is 0.221. The summed E-state index contributed by atoms with van der Waals surface area (Å²) in [7, 11) is 2.09. The van der Waals surface area contributed by atoms with Gasteiger partial charge in [0.2, 0.25) is 0 Å². The molecule has 4 rings (SSSR count). The fraction of sp³-hybridized carbons (Fsp3) is 0.500. The Morgan fingerprint density at radius 1 is 1.23 bits per heavy atom. The maximum Gasteiger partial charge on any atom is 0.315 e. The van der Waals surface area contributed by atoms with Crippen molar-refractivity contribution in [1.82, 2.24) is 30.3 Å². The van der Waals surface area contributed by atoms with E-state index < -0.39 is 0 Å². The van der Waals surface area contributed by atoms with E-state index in [0.717, 1.165) is 36.7 Å². The molecule has 2 aliphatic heterocycles. The molecule has 8 heteroatoms. The fourth-order valence-electron chi connectivity index (χ4n) is 4.00. The Bertz CT molecular complexity index is 776. The van der Waals surface area contributed by atoms with Crippen LogP contribution in [-0.4, -0.2) is 51.4 Å². The molecule has 1 fully saturated rings. The third kappa shape index (κ3) is 3.54. The first-order chi connectivity index (χ1) is 12.6. The van der Waals surface area contributed by atoms with Crippen LogP contribution < -0.4 is 10.6 Å². The van der Waals surface area contributed by atoms with Gasteiger partial charge in [-0.1, -0.05) is 23.7 Å². The Morgan fingerprint density at radius 3 is 2.85 bits per heavy atom. The van der Waals surface area contributed by atoms with Crippen LogP contribution >= 0.6 is 11.6 Å². The first-order valence-electron chi connectivity index (χ1n) is 8.99. The summed E-state index contributed by atoms with van der Waals surface area (Å²) in [5.41, 5.74) is 1.17. The number of likely N-dealkylation sites (tertiary alicyclic amines) is 1. The largest absolute Gasteiger partial charge is 0.334 e. The molecule has 2 amide bonds. The van der Waals surface area contributed by atoms with Gasteiger partial charge in [0.25, 0.3) is 0 Å². The number of urea groups is 1. The Kier molecular flexibility index (Phi) is 4.82. The van der Waals surface area contributed by atoms with Gasteiger partial charge in [-0.05, 0) is 37.6 Å². The molecule has 1 aromatic carbocycles. The number of nitrogens with one attached hydrogen (secondary N) is 2. The molecule has 0 bridgehead atoms. The zero-order valence-electron chi connectivity index (χ0n) is 14.7. The zero-order valence-corrected chi connectivity index (χ0v) is 15.5. The molecule has 26 heavy (non-hydrogen) atoms. The molecule has 1 saturated heterocycles. The third-order valence-corrected chi connectivity index (χ3v) is 5.57. The topological polar surface area (TPSA) is 75.1 Å². The third-order valence-electron chi connectivity index (χ3n) is 5.32. The van der Waals surface area contributed by atoms with Crippen molar-refractivity contribution in [2.24, 2.45) is 0 Å². The van der Waals surface area contributed by atoms with E-state index in [9.17, 15) is 4.79 Å². The monoisotopic (exact) mass is 374 g/mol. The van der Waals surface area contributed by atoms with E-state index in [1.165, 1.54) is 5.56 Å². The number of nitrogens with zero attached hydrogens (tertiary/aromatic N) is 4. The lowest BCUT2D eigenvalue weighted by Crippen LogP contribution is -2.50. The molecule has 138 valence electrons. The number of amides is 2. The van der Waals surface area contributed by atoms with Crippen LogP contribution in [0.15, 0.2) is 30.6 Å². The average Bonchev–Trinajstić information content (AvgIpc) is 3.22. The molecule has 3 heterocycles. The number of likely N-dealkylation sites (N-methyl/N-ethyl adjacent to an activating group) is 1. The molecule has 2 N–H and O–H groups in total. The molecule has 0 spiro atoms. The minimum absolute atomic E-state index is 0.0756. The molecule has 0 aliphatic carbocycles. The Balaban J connectivity index is 1.38. The first-order valence-corrected chi connectivity index (χ1v) is 9.37. The number of aromatic nitrogens is 3. The van der Waals surface area contributed by atoms with Crippen LogP contribution in [0.3, 0.4) is 0 Å². The molecular weight excluding hydrogens is 352 g/mol. The molecule has 2 aromatic rings. The fourth-order valence-corrected chi connectivity index (χ4v) is 4.12. The summed E-state index contributed by atoms with van der Waals surface area (Å²) in [6.07, 6.45) is 4.22. The maximum atomic E-state index is 12.5. The van der Waals surface area contributed by atoms with E-state index in [4.69, 9.17) is 11.6 Å². The van der Waals surface area contributed by atoms with Gasteiger partial charge in [-0.25, -0.2) is 14.5 Å². The molecule has 0 saturated carbocycles. The van der Waals surface area contributed by atoms with E-state index in [-0.39, 0.29) is 24.2 Å². The minimum Gasteiger partial charge on any atom is -0.334 e. The number of hydrogen-bond donors (Lipinski definition) is 2. The summed E-state index contributed by atoms with van der Waals surface area (Å²) >= 11 is 6.01. The average molecular weight is 375 g/mol. The van der Waals surface area contributed by atoms with Crippen LogP contribution in [-0.2, 0) is 13.0 Å². The van der Waals surface area contributed by atoms with Crippen LogP contribution in [0, 0.1) is 0 Å². The summed E-state index contributed by atoms with van der Waals surface area (Å²) in [5.74, 6) is 0.990. The number of benzene rings is 1. The van der Waals surface area contributed by atoms with Gasteiger partial charge in [-0.15, -0.1) is 0 Å². The van der Waals surface area contributed by atoms with Gasteiger partial charge in [0, 0.05) is 18.0 Å². The van der Waals surface area contributed by atoms with E-state index in [0.29, 0.717) is 6.54 Å². The van der Waals surface area contributed by atoms with Crippen molar-refractivity contribution < 1.29 is 4.79 Å². The van der Waals surface area contributed by atoms with Crippen LogP contribution in [0.25, 0.3) is 0 Å². The second-order valence-electron chi connectivity index (χ2n) is 7.08. The number of hydrogen-bond acceptors (Lipinski definition) is 4. The predicted molar refractivity (Wildman–Crippen MR) is 99.0 cm³/mol. The van der Waals surface area contributed by atoms with Crippen molar-refractivity contribution >= 4 is 17.6 Å². The summed E-state index contributed by atoms with van der Waals surface area (Å²) in [4.78, 5) is 19.0. The van der Waals surface area contributed by atoms with Gasteiger partial charge in [-0.2, -0.15) is 5.10 Å². The smallest absolute Gasteiger partial charge is 0.315 e. The van der Waals surface area contributed by atoms with Crippen molar-refractivity contribution in [3.8, 4) is 0 Å². The summed E-state index contributed by atoms with van der Waals surface area (Å²) < 4.78 is 1.87. The van der Waals surface area contributed by atoms with Crippen LogP contribution in [0.2, 0.25) is 5.02 Å². The highest BCUT2D eigenvalue weighted by Crippen LogP contribution is 2.31. The van der Waals surface area contributed by atoms with Crippen molar-refractivity contribution in [3.63, 3.8) is 0 Å². The highest BCUT2D eigenvalue weighted by atomic mass is 35.5. The maximum absolute atomic E-state index is 12.5. The minimum atomic E-state index is -0.113. The first kappa shape index (κ1) is 17.3. The Morgan fingerprint density at radius 2 is 2.04 bits per heavy atom. The number of aryl methyl sites for hydroxylation is 1. The molecule has 0 radical (unpaired) electrons. The van der Waals surface area contributed by atoms with Gasteiger partial charge in [0.05, 0.1) is 24.7 Å². The van der Waals surface area contributed by atoms with Gasteiger partial charge in [0.15, 0.2) is 0 Å². The Labute approximate surface area is 157 Å². The number of rotatable bonds is 3. The number of fused-ring (bicyclic) bond motifs is 1. The lowest BCUT2D eigenvalue weighted by atomic mass is 10.0. The second-order valence-corrected chi connectivity index (χ2v) is 7.52. The molecule has 7 nitrogen and oxygen atoms in total. The highest BCUT2D eigenvalue weighted by Gasteiger charge is 2.34. The molecule has 1 aromatic heterocycles. The van der Waals surface area contributed by atoms with Gasteiger partial charge >= 0.3 is 6.03 Å². The lowest BCUT2D eigenvalue weighted by Gasteiger charge is -2.28. The Hall–Kier alpha value is -2.12. The molecule has 2 aliphatic rings. The normalized spacial score (nSPS) is 25.7. The van der Waals surface area contributed by atoms with E-state index in [2.05, 4.69) is 32.7 Å². The van der Waals surface area contributed by atoms with Crippen LogP contribution in [0.1, 0.15) is 30.3 Å². The summed E-state index contributed by atoms with van der Waals surface area (Å²) in [6.45, 7) is 1.62. The number of carbonyl (C=O) groups is 1. The quantitative estimate of drug-likeness (QED) is 0.861. The van der Waals surface area contributed by atoms with Crippen LogP contribution in [0.4, 0.5) is 4.79 Å². The van der Waals surface area contributed by atoms with Gasteiger partial charge in [-0.3, -0.25) is 4.90 Å². The number of halogens is 1. The predicted octanol–water partition coefficient (Wildman–Crippen LogP) is 1.99. The van der Waals surface area contributed by atoms with Crippen LogP contribution in [0.5, 0.6) is 0 Å². The van der Waals surface area contributed by atoms with Crippen molar-refractivity contribution in [3.05, 3.63) is 47.0 Å². The molecular formula is C18H23ClN6O. The van der Waals surface area contributed by atoms with E-state index in [1.807, 2.05) is 28.9 Å². The van der Waals surface area contributed by atoms with Crippen molar-refractivity contribution in [2.45, 2.75) is 43.9 Å². The molecule has 3 unspecified atom stereocenters. The van der Waals surface area contributed by atoms with Gasteiger partial charge in [0.1, 0.15) is 12.2 Å².